The topological polar surface area (TPSA) is 89.8 Å². The molecule has 7 nitrogen and oxygen atoms in total. The number of ether oxygens (including phenoxy) is 1. The third-order valence-electron chi connectivity index (χ3n) is 4.67. The Morgan fingerprint density at radius 3 is 2.40 bits per heavy atom. The van der Waals surface area contributed by atoms with E-state index in [2.05, 4.69) is 0 Å². The molecule has 0 unspecified atom stereocenters. The summed E-state index contributed by atoms with van der Waals surface area (Å²) < 4.78 is 32.0. The molecule has 0 aromatic heterocycles. The van der Waals surface area contributed by atoms with Crippen molar-refractivity contribution in [1.82, 2.24) is 4.31 Å². The zero-order valence-corrected chi connectivity index (χ0v) is 15.6. The molecule has 0 saturated heterocycles. The van der Waals surface area contributed by atoms with E-state index in [1.807, 2.05) is 0 Å². The Morgan fingerprint density at radius 2 is 1.84 bits per heavy atom. The van der Waals surface area contributed by atoms with Crippen LogP contribution in [0, 0.1) is 16.0 Å². The lowest BCUT2D eigenvalue weighted by molar-refractivity contribution is -0.386. The summed E-state index contributed by atoms with van der Waals surface area (Å²) in [4.78, 5) is 10.7. The van der Waals surface area contributed by atoms with Gasteiger partial charge in [0.2, 0.25) is 10.0 Å². The first-order valence-corrected chi connectivity index (χ1v) is 10.3. The Labute approximate surface area is 149 Å². The molecule has 1 aromatic carbocycles. The lowest BCUT2D eigenvalue weighted by Gasteiger charge is -2.22. The second-order valence-electron chi connectivity index (χ2n) is 6.29. The number of sulfonamides is 1. The molecule has 2 rings (SSSR count). The quantitative estimate of drug-likeness (QED) is 0.515. The smallest absolute Gasteiger partial charge is 0.312 e. The minimum Gasteiger partial charge on any atom is -0.487 e. The monoisotopic (exact) mass is 370 g/mol. The second-order valence-corrected chi connectivity index (χ2v) is 8.23. The van der Waals surface area contributed by atoms with Crippen LogP contribution in [0.2, 0.25) is 0 Å². The van der Waals surface area contributed by atoms with E-state index in [0.717, 1.165) is 31.7 Å². The van der Waals surface area contributed by atoms with Gasteiger partial charge in [-0.1, -0.05) is 33.1 Å². The van der Waals surface area contributed by atoms with Gasteiger partial charge < -0.3 is 4.74 Å². The highest BCUT2D eigenvalue weighted by atomic mass is 32.2. The molecule has 0 N–H and O–H groups in total. The van der Waals surface area contributed by atoms with Gasteiger partial charge >= 0.3 is 5.69 Å². The van der Waals surface area contributed by atoms with Crippen LogP contribution in [-0.4, -0.2) is 37.3 Å². The predicted octanol–water partition coefficient (Wildman–Crippen LogP) is 3.58. The molecular weight excluding hydrogens is 344 g/mol. The third-order valence-corrected chi connectivity index (χ3v) is 6.72. The highest BCUT2D eigenvalue weighted by molar-refractivity contribution is 7.89. The standard InChI is InChI=1S/C17H26N2O5S/c1-3-18(4-2)25(22,23)15-10-11-17(16(12-15)19(20)21)24-13-14-8-6-5-7-9-14/h10-12,14H,3-9,13H2,1-2H3. The van der Waals surface area contributed by atoms with Crippen LogP contribution in [0.5, 0.6) is 5.75 Å². The maximum atomic E-state index is 12.5. The molecule has 0 heterocycles. The minimum absolute atomic E-state index is 0.0760. The molecule has 0 radical (unpaired) electrons. The summed E-state index contributed by atoms with van der Waals surface area (Å²) in [6.07, 6.45) is 5.70. The van der Waals surface area contributed by atoms with E-state index in [4.69, 9.17) is 4.74 Å². The second kappa shape index (κ2) is 8.62. The van der Waals surface area contributed by atoms with Crippen molar-refractivity contribution in [3.05, 3.63) is 28.3 Å². The van der Waals surface area contributed by atoms with Crippen LogP contribution < -0.4 is 4.74 Å². The van der Waals surface area contributed by atoms with Crippen LogP contribution in [0.1, 0.15) is 46.0 Å². The Hall–Kier alpha value is -1.67. The maximum absolute atomic E-state index is 12.5. The lowest BCUT2D eigenvalue weighted by atomic mass is 9.90. The molecule has 1 fully saturated rings. The van der Waals surface area contributed by atoms with Crippen LogP contribution in [0.4, 0.5) is 5.69 Å². The van der Waals surface area contributed by atoms with Crippen molar-refractivity contribution in [3.63, 3.8) is 0 Å². The van der Waals surface area contributed by atoms with Crippen LogP contribution in [0.15, 0.2) is 23.1 Å². The Bertz CT molecular complexity index is 695. The normalized spacial score (nSPS) is 16.1. The molecule has 25 heavy (non-hydrogen) atoms. The van der Waals surface area contributed by atoms with Crippen LogP contribution in [0.25, 0.3) is 0 Å². The van der Waals surface area contributed by atoms with Crippen molar-refractivity contribution < 1.29 is 18.1 Å². The fourth-order valence-corrected chi connectivity index (χ4v) is 4.67. The Balaban J connectivity index is 2.23. The first-order valence-electron chi connectivity index (χ1n) is 8.81. The molecule has 0 spiro atoms. The van der Waals surface area contributed by atoms with Crippen LogP contribution >= 0.6 is 0 Å². The van der Waals surface area contributed by atoms with E-state index < -0.39 is 14.9 Å². The maximum Gasteiger partial charge on any atom is 0.312 e. The van der Waals surface area contributed by atoms with Gasteiger partial charge in [0.15, 0.2) is 5.75 Å². The average Bonchev–Trinajstić information content (AvgIpc) is 2.61. The molecule has 0 amide bonds. The van der Waals surface area contributed by atoms with E-state index in [9.17, 15) is 18.5 Å². The number of nitrogens with zero attached hydrogens (tertiary/aromatic N) is 2. The first kappa shape index (κ1) is 19.7. The van der Waals surface area contributed by atoms with Crippen molar-refractivity contribution in [2.24, 2.45) is 5.92 Å². The SMILES string of the molecule is CCN(CC)S(=O)(=O)c1ccc(OCC2CCCCC2)c([N+](=O)[O-])c1. The minimum atomic E-state index is -3.74. The lowest BCUT2D eigenvalue weighted by Crippen LogP contribution is -2.30. The highest BCUT2D eigenvalue weighted by Gasteiger charge is 2.26. The van der Waals surface area contributed by atoms with Gasteiger partial charge in [-0.2, -0.15) is 4.31 Å². The third kappa shape index (κ3) is 4.70. The van der Waals surface area contributed by atoms with Gasteiger partial charge in [-0.05, 0) is 30.9 Å². The van der Waals surface area contributed by atoms with Crippen molar-refractivity contribution >= 4 is 15.7 Å². The summed E-state index contributed by atoms with van der Waals surface area (Å²) >= 11 is 0. The summed E-state index contributed by atoms with van der Waals surface area (Å²) in [6, 6.07) is 3.89. The summed E-state index contributed by atoms with van der Waals surface area (Å²) in [5.41, 5.74) is -0.302. The van der Waals surface area contributed by atoms with Gasteiger partial charge in [0.1, 0.15) is 0 Å². The van der Waals surface area contributed by atoms with Crippen molar-refractivity contribution in [2.45, 2.75) is 50.8 Å². The van der Waals surface area contributed by atoms with Crippen molar-refractivity contribution in [1.29, 1.82) is 0 Å². The molecular formula is C17H26N2O5S. The largest absolute Gasteiger partial charge is 0.487 e. The number of hydrogen-bond acceptors (Lipinski definition) is 5. The molecule has 1 aliphatic rings. The number of nitro groups is 1. The van der Waals surface area contributed by atoms with Gasteiger partial charge in [0.25, 0.3) is 0 Å². The fraction of sp³-hybridized carbons (Fsp3) is 0.647. The number of hydrogen-bond donors (Lipinski definition) is 0. The molecule has 8 heteroatoms. The summed E-state index contributed by atoms with van der Waals surface area (Å²) in [7, 11) is -3.74. The van der Waals surface area contributed by atoms with E-state index in [0.29, 0.717) is 25.6 Å². The summed E-state index contributed by atoms with van der Waals surface area (Å²) in [5, 5.41) is 11.4. The van der Waals surface area contributed by atoms with E-state index >= 15 is 0 Å². The number of rotatable bonds is 8. The molecule has 0 aliphatic heterocycles. The Kier molecular flexibility index (Phi) is 6.78. The average molecular weight is 370 g/mol. The molecule has 1 saturated carbocycles. The molecule has 140 valence electrons. The van der Waals surface area contributed by atoms with Gasteiger partial charge in [-0.25, -0.2) is 8.42 Å². The zero-order chi connectivity index (χ0) is 18.4. The number of nitro benzene ring substituents is 1. The first-order chi connectivity index (χ1) is 11.9. The van der Waals surface area contributed by atoms with Gasteiger partial charge in [-0.15, -0.1) is 0 Å². The molecule has 1 aromatic rings. The van der Waals surface area contributed by atoms with Crippen LogP contribution in [0.3, 0.4) is 0 Å². The van der Waals surface area contributed by atoms with E-state index in [1.165, 1.54) is 22.9 Å². The fourth-order valence-electron chi connectivity index (χ4n) is 3.20. The molecule has 0 atom stereocenters. The van der Waals surface area contributed by atoms with Gasteiger partial charge in [0, 0.05) is 19.2 Å². The Morgan fingerprint density at radius 1 is 1.20 bits per heavy atom. The number of benzene rings is 1. The summed E-state index contributed by atoms with van der Waals surface area (Å²) in [6.45, 7) is 4.52. The van der Waals surface area contributed by atoms with E-state index in [1.54, 1.807) is 13.8 Å². The summed E-state index contributed by atoms with van der Waals surface area (Å²) in [5.74, 6) is 0.543. The zero-order valence-electron chi connectivity index (χ0n) is 14.8. The molecule has 1 aliphatic carbocycles. The molecule has 0 bridgehead atoms. The predicted molar refractivity (Wildman–Crippen MR) is 95.3 cm³/mol. The van der Waals surface area contributed by atoms with Gasteiger partial charge in [0.05, 0.1) is 16.4 Å². The van der Waals surface area contributed by atoms with E-state index in [-0.39, 0.29) is 16.3 Å². The van der Waals surface area contributed by atoms with Gasteiger partial charge in [-0.3, -0.25) is 10.1 Å². The highest BCUT2D eigenvalue weighted by Crippen LogP contribution is 2.32. The van der Waals surface area contributed by atoms with Crippen molar-refractivity contribution in [3.8, 4) is 5.75 Å². The van der Waals surface area contributed by atoms with Crippen molar-refractivity contribution in [2.75, 3.05) is 19.7 Å². The van der Waals surface area contributed by atoms with Crippen LogP contribution in [-0.2, 0) is 10.0 Å².